The largest absolute Gasteiger partial charge is 0.467 e. The molecule has 0 fully saturated rings. The Morgan fingerprint density at radius 2 is 1.78 bits per heavy atom. The van der Waals surface area contributed by atoms with E-state index in [1.54, 1.807) is 20.8 Å². The summed E-state index contributed by atoms with van der Waals surface area (Å²) in [6, 6.07) is -0.774. The normalized spacial score (nSPS) is 12.2. The van der Waals surface area contributed by atoms with Crippen LogP contribution in [0.1, 0.15) is 59.8 Å². The molecule has 2 amide bonds. The number of hydrogen-bond acceptors (Lipinski definition) is 5. The summed E-state index contributed by atoms with van der Waals surface area (Å²) in [4.78, 5) is 35.0. The first-order valence-electron chi connectivity index (χ1n) is 8.03. The average molecular weight is 330 g/mol. The molecule has 0 aromatic rings. The van der Waals surface area contributed by atoms with Gasteiger partial charge in [0.25, 0.3) is 0 Å². The average Bonchev–Trinajstić information content (AvgIpc) is 2.43. The van der Waals surface area contributed by atoms with Crippen LogP contribution in [0.2, 0.25) is 0 Å². The van der Waals surface area contributed by atoms with E-state index < -0.39 is 23.7 Å². The summed E-state index contributed by atoms with van der Waals surface area (Å²) in [5.41, 5.74) is -0.584. The van der Waals surface area contributed by atoms with Crippen LogP contribution in [0.4, 0.5) is 4.79 Å². The number of ether oxygens (including phenoxy) is 2. The number of carbonyl (C=O) groups is 3. The summed E-state index contributed by atoms with van der Waals surface area (Å²) in [6.07, 6.45) is 2.83. The molecule has 1 unspecified atom stereocenters. The molecule has 0 rings (SSSR count). The van der Waals surface area contributed by atoms with Gasteiger partial charge >= 0.3 is 12.1 Å². The molecule has 2 N–H and O–H groups in total. The van der Waals surface area contributed by atoms with E-state index in [1.165, 1.54) is 7.11 Å². The van der Waals surface area contributed by atoms with Crippen LogP contribution in [0, 0.1) is 0 Å². The first-order chi connectivity index (χ1) is 10.7. The molecule has 23 heavy (non-hydrogen) atoms. The third-order valence-electron chi connectivity index (χ3n) is 2.93. The van der Waals surface area contributed by atoms with E-state index >= 15 is 0 Å². The predicted octanol–water partition coefficient (Wildman–Crippen LogP) is 2.14. The van der Waals surface area contributed by atoms with Crippen LogP contribution >= 0.6 is 0 Å². The molecule has 0 radical (unpaired) electrons. The van der Waals surface area contributed by atoms with Gasteiger partial charge < -0.3 is 20.1 Å². The molecule has 0 aliphatic carbocycles. The zero-order chi connectivity index (χ0) is 17.9. The molecule has 0 heterocycles. The maximum atomic E-state index is 11.8. The number of hydrogen-bond donors (Lipinski definition) is 2. The summed E-state index contributed by atoms with van der Waals surface area (Å²) in [5, 5.41) is 5.20. The topological polar surface area (TPSA) is 93.7 Å². The van der Waals surface area contributed by atoms with E-state index in [2.05, 4.69) is 22.3 Å². The van der Waals surface area contributed by atoms with E-state index in [0.29, 0.717) is 6.42 Å². The molecule has 7 heteroatoms. The molecule has 0 saturated heterocycles. The number of alkyl carbamates (subject to hydrolysis) is 1. The van der Waals surface area contributed by atoms with Gasteiger partial charge in [0.2, 0.25) is 5.91 Å². The highest BCUT2D eigenvalue weighted by atomic mass is 16.6. The van der Waals surface area contributed by atoms with Gasteiger partial charge in [-0.2, -0.15) is 0 Å². The lowest BCUT2D eigenvalue weighted by atomic mass is 10.1. The second kappa shape index (κ2) is 10.9. The Morgan fingerprint density at radius 1 is 1.13 bits per heavy atom. The third kappa shape index (κ3) is 11.4. The van der Waals surface area contributed by atoms with Crippen molar-refractivity contribution in [1.82, 2.24) is 10.6 Å². The van der Waals surface area contributed by atoms with Gasteiger partial charge in [0.1, 0.15) is 11.6 Å². The SMILES string of the molecule is CCCCCC(=O)NC(CCNC(=O)OC(C)(C)C)C(=O)OC. The van der Waals surface area contributed by atoms with Gasteiger partial charge in [-0.05, 0) is 33.6 Å². The van der Waals surface area contributed by atoms with Gasteiger partial charge in [-0.3, -0.25) is 4.79 Å². The zero-order valence-electron chi connectivity index (χ0n) is 14.9. The standard InChI is InChI=1S/C16H30N2O5/c1-6-7-8-9-13(19)18-12(14(20)22-5)10-11-17-15(21)23-16(2,3)4/h12H,6-11H2,1-5H3,(H,17,21)(H,18,19). The van der Waals surface area contributed by atoms with E-state index in [9.17, 15) is 14.4 Å². The fourth-order valence-electron chi connectivity index (χ4n) is 1.83. The highest BCUT2D eigenvalue weighted by Gasteiger charge is 2.22. The minimum Gasteiger partial charge on any atom is -0.467 e. The second-order valence-electron chi connectivity index (χ2n) is 6.32. The van der Waals surface area contributed by atoms with Gasteiger partial charge in [0, 0.05) is 13.0 Å². The lowest BCUT2D eigenvalue weighted by molar-refractivity contribution is -0.145. The van der Waals surface area contributed by atoms with Crippen LogP contribution < -0.4 is 10.6 Å². The van der Waals surface area contributed by atoms with Crippen molar-refractivity contribution in [3.63, 3.8) is 0 Å². The van der Waals surface area contributed by atoms with Crippen molar-refractivity contribution in [2.75, 3.05) is 13.7 Å². The van der Waals surface area contributed by atoms with Gasteiger partial charge in [-0.15, -0.1) is 0 Å². The fraction of sp³-hybridized carbons (Fsp3) is 0.812. The smallest absolute Gasteiger partial charge is 0.407 e. The molecular formula is C16H30N2O5. The van der Waals surface area contributed by atoms with Gasteiger partial charge in [-0.25, -0.2) is 9.59 Å². The zero-order valence-corrected chi connectivity index (χ0v) is 14.9. The Morgan fingerprint density at radius 3 is 2.30 bits per heavy atom. The predicted molar refractivity (Wildman–Crippen MR) is 86.9 cm³/mol. The second-order valence-corrected chi connectivity index (χ2v) is 6.32. The van der Waals surface area contributed by atoms with Gasteiger partial charge in [0.05, 0.1) is 7.11 Å². The monoisotopic (exact) mass is 330 g/mol. The molecule has 0 aromatic carbocycles. The molecule has 0 saturated carbocycles. The molecule has 134 valence electrons. The molecule has 7 nitrogen and oxygen atoms in total. The number of methoxy groups -OCH3 is 1. The Kier molecular flexibility index (Phi) is 10.0. The van der Waals surface area contributed by atoms with E-state index in [-0.39, 0.29) is 18.9 Å². The molecule has 0 bridgehead atoms. The Bertz CT molecular complexity index is 390. The van der Waals surface area contributed by atoms with Gasteiger partial charge in [0.15, 0.2) is 0 Å². The Balaban J connectivity index is 4.28. The van der Waals surface area contributed by atoms with Crippen molar-refractivity contribution in [3.8, 4) is 0 Å². The summed E-state index contributed by atoms with van der Waals surface area (Å²) in [6.45, 7) is 7.54. The first kappa shape index (κ1) is 21.2. The van der Waals surface area contributed by atoms with Crippen molar-refractivity contribution < 1.29 is 23.9 Å². The number of unbranched alkanes of at least 4 members (excludes halogenated alkanes) is 2. The molecule has 0 aliphatic rings. The van der Waals surface area contributed by atoms with Crippen molar-refractivity contribution >= 4 is 18.0 Å². The van der Waals surface area contributed by atoms with Crippen LogP contribution in [0.15, 0.2) is 0 Å². The van der Waals surface area contributed by atoms with Crippen molar-refractivity contribution in [2.45, 2.75) is 71.4 Å². The van der Waals surface area contributed by atoms with E-state index in [0.717, 1.165) is 19.3 Å². The number of carbonyl (C=O) groups excluding carboxylic acids is 3. The van der Waals surface area contributed by atoms with Crippen molar-refractivity contribution in [2.24, 2.45) is 0 Å². The van der Waals surface area contributed by atoms with Crippen LogP contribution in [0.5, 0.6) is 0 Å². The number of rotatable bonds is 9. The van der Waals surface area contributed by atoms with E-state index in [4.69, 9.17) is 4.74 Å². The van der Waals surface area contributed by atoms with Crippen LogP contribution in [-0.2, 0) is 19.1 Å². The van der Waals surface area contributed by atoms with Crippen molar-refractivity contribution in [3.05, 3.63) is 0 Å². The molecule has 0 spiro atoms. The number of amides is 2. The van der Waals surface area contributed by atoms with Crippen LogP contribution in [-0.4, -0.2) is 43.3 Å². The highest BCUT2D eigenvalue weighted by Crippen LogP contribution is 2.06. The Hall–Kier alpha value is -1.79. The summed E-state index contributed by atoms with van der Waals surface area (Å²) < 4.78 is 9.78. The minimum atomic E-state index is -0.774. The third-order valence-corrected chi connectivity index (χ3v) is 2.93. The lowest BCUT2D eigenvalue weighted by Crippen LogP contribution is -2.44. The maximum absolute atomic E-state index is 11.8. The molecular weight excluding hydrogens is 300 g/mol. The van der Waals surface area contributed by atoms with Crippen molar-refractivity contribution in [1.29, 1.82) is 0 Å². The van der Waals surface area contributed by atoms with E-state index in [1.807, 2.05) is 0 Å². The summed E-state index contributed by atoms with van der Waals surface area (Å²) >= 11 is 0. The summed E-state index contributed by atoms with van der Waals surface area (Å²) in [5.74, 6) is -0.717. The molecule has 1 atom stereocenters. The van der Waals surface area contributed by atoms with Crippen LogP contribution in [0.25, 0.3) is 0 Å². The summed E-state index contributed by atoms with van der Waals surface area (Å²) in [7, 11) is 1.26. The minimum absolute atomic E-state index is 0.189. The first-order valence-corrected chi connectivity index (χ1v) is 8.03. The Labute approximate surface area is 138 Å². The number of esters is 1. The molecule has 0 aliphatic heterocycles. The number of nitrogens with one attached hydrogen (secondary N) is 2. The van der Waals surface area contributed by atoms with Gasteiger partial charge in [-0.1, -0.05) is 19.8 Å². The fourth-order valence-corrected chi connectivity index (χ4v) is 1.83. The quantitative estimate of drug-likeness (QED) is 0.499. The van der Waals surface area contributed by atoms with Crippen LogP contribution in [0.3, 0.4) is 0 Å². The highest BCUT2D eigenvalue weighted by molar-refractivity contribution is 5.84. The lowest BCUT2D eigenvalue weighted by Gasteiger charge is -2.20. The molecule has 0 aromatic heterocycles. The maximum Gasteiger partial charge on any atom is 0.407 e.